The Bertz CT molecular complexity index is 1320. The first-order valence-electron chi connectivity index (χ1n) is 14.8. The van der Waals surface area contributed by atoms with Crippen LogP contribution in [-0.4, -0.2) is 95.5 Å². The van der Waals surface area contributed by atoms with Crippen molar-refractivity contribution in [3.05, 3.63) is 51.8 Å². The quantitative estimate of drug-likeness (QED) is 0.530. The summed E-state index contributed by atoms with van der Waals surface area (Å²) in [7, 11) is 2.04. The molecule has 2 aromatic rings. The molecule has 5 rings (SSSR count). The van der Waals surface area contributed by atoms with Gasteiger partial charge in [-0.05, 0) is 80.7 Å². The lowest BCUT2D eigenvalue weighted by Crippen LogP contribution is -2.47. The van der Waals surface area contributed by atoms with Gasteiger partial charge in [0.1, 0.15) is 5.69 Å². The van der Waals surface area contributed by atoms with Gasteiger partial charge in [0.05, 0.1) is 11.3 Å². The molecule has 0 bridgehead atoms. The van der Waals surface area contributed by atoms with Crippen molar-refractivity contribution in [1.29, 1.82) is 0 Å². The van der Waals surface area contributed by atoms with Crippen LogP contribution in [0.5, 0.6) is 0 Å². The molecule has 1 aromatic carbocycles. The number of aryl methyl sites for hydroxylation is 1. The number of piperazine rings is 1. The summed E-state index contributed by atoms with van der Waals surface area (Å²) in [6, 6.07) is 4.96. The van der Waals surface area contributed by atoms with Gasteiger partial charge in [-0.2, -0.15) is 5.10 Å². The third-order valence-corrected chi connectivity index (χ3v) is 9.07. The number of carbonyl (C=O) groups excluding carboxylic acids is 2. The maximum Gasteiger partial charge on any atom is 0.335 e. The van der Waals surface area contributed by atoms with E-state index in [2.05, 4.69) is 24.1 Å². The smallest absolute Gasteiger partial charge is 0.335 e. The van der Waals surface area contributed by atoms with Crippen LogP contribution in [0.15, 0.2) is 18.2 Å². The van der Waals surface area contributed by atoms with E-state index in [4.69, 9.17) is 9.84 Å². The van der Waals surface area contributed by atoms with Gasteiger partial charge in [0, 0.05) is 63.6 Å². The van der Waals surface area contributed by atoms with E-state index >= 15 is 0 Å². The number of aromatic nitrogens is 2. The normalized spacial score (nSPS) is 19.5. The molecule has 0 saturated carbocycles. The molecule has 0 aliphatic carbocycles. The number of likely N-dealkylation sites (N-methyl/N-ethyl adjacent to an activating group) is 1. The number of carboxylic acids is 1. The Morgan fingerprint density at radius 2 is 1.83 bits per heavy atom. The van der Waals surface area contributed by atoms with Gasteiger partial charge in [-0.25, -0.2) is 4.79 Å². The van der Waals surface area contributed by atoms with E-state index in [1.807, 2.05) is 23.6 Å². The van der Waals surface area contributed by atoms with Crippen LogP contribution in [0.3, 0.4) is 0 Å². The summed E-state index contributed by atoms with van der Waals surface area (Å²) in [5.41, 5.74) is 3.50. The second kappa shape index (κ2) is 11.6. The second-order valence-corrected chi connectivity index (χ2v) is 12.9. The summed E-state index contributed by atoms with van der Waals surface area (Å²) in [6.45, 7) is 11.7. The number of amides is 2. The summed E-state index contributed by atoms with van der Waals surface area (Å²) < 4.78 is 7.46. The van der Waals surface area contributed by atoms with Crippen LogP contribution in [0.25, 0.3) is 0 Å². The Balaban J connectivity index is 1.43. The highest BCUT2D eigenvalue weighted by atomic mass is 16.5. The van der Waals surface area contributed by atoms with Crippen molar-refractivity contribution in [2.75, 3.05) is 53.0 Å². The van der Waals surface area contributed by atoms with E-state index in [-0.39, 0.29) is 28.2 Å². The van der Waals surface area contributed by atoms with Gasteiger partial charge in [0.15, 0.2) is 0 Å². The summed E-state index contributed by atoms with van der Waals surface area (Å²) in [5, 5.41) is 18.1. The minimum absolute atomic E-state index is 0.0475. The van der Waals surface area contributed by atoms with Crippen molar-refractivity contribution in [1.82, 2.24) is 24.9 Å². The van der Waals surface area contributed by atoms with Gasteiger partial charge < -0.3 is 25.0 Å². The number of hydrogen-bond donors (Lipinski definition) is 2. The maximum atomic E-state index is 13.3. The van der Waals surface area contributed by atoms with Crippen molar-refractivity contribution in [2.45, 2.75) is 59.4 Å². The lowest BCUT2D eigenvalue weighted by atomic mass is 9.74. The minimum atomic E-state index is -1.00. The SMILES string of the molecule is CCn1nc(CC(C)(C)Cc2cc(C(=O)N3CCN(C)CC3)ccc2C(=O)O)c2c1C(=O)NCC1(CCOCC1)C2. The van der Waals surface area contributed by atoms with Crippen molar-refractivity contribution in [3.8, 4) is 0 Å². The van der Waals surface area contributed by atoms with Crippen LogP contribution in [0.1, 0.15) is 81.6 Å². The number of rotatable bonds is 7. The van der Waals surface area contributed by atoms with Gasteiger partial charge in [-0.1, -0.05) is 13.8 Å². The first-order chi connectivity index (χ1) is 19.5. The van der Waals surface area contributed by atoms with E-state index in [1.54, 1.807) is 18.2 Å². The highest BCUT2D eigenvalue weighted by Crippen LogP contribution is 2.39. The van der Waals surface area contributed by atoms with Gasteiger partial charge in [-0.3, -0.25) is 14.3 Å². The maximum absolute atomic E-state index is 13.3. The lowest BCUT2D eigenvalue weighted by Gasteiger charge is -2.36. The topological polar surface area (TPSA) is 117 Å². The van der Waals surface area contributed by atoms with Crippen molar-refractivity contribution in [3.63, 3.8) is 0 Å². The first-order valence-corrected chi connectivity index (χ1v) is 14.8. The first kappa shape index (κ1) is 29.3. The molecule has 41 heavy (non-hydrogen) atoms. The summed E-state index contributed by atoms with van der Waals surface area (Å²) in [6.07, 6.45) is 3.59. The average Bonchev–Trinajstić information content (AvgIpc) is 3.20. The molecule has 1 aromatic heterocycles. The molecule has 10 nitrogen and oxygen atoms in total. The molecule has 3 aliphatic rings. The monoisotopic (exact) mass is 565 g/mol. The molecule has 2 amide bonds. The zero-order chi connectivity index (χ0) is 29.4. The van der Waals surface area contributed by atoms with E-state index in [0.29, 0.717) is 69.1 Å². The Kier molecular flexibility index (Phi) is 8.25. The van der Waals surface area contributed by atoms with E-state index in [9.17, 15) is 19.5 Å². The van der Waals surface area contributed by atoms with E-state index in [0.717, 1.165) is 43.6 Å². The molecule has 2 fully saturated rings. The number of fused-ring (bicyclic) bond motifs is 1. The van der Waals surface area contributed by atoms with Crippen molar-refractivity contribution < 1.29 is 24.2 Å². The highest BCUT2D eigenvalue weighted by molar-refractivity contribution is 5.97. The highest BCUT2D eigenvalue weighted by Gasteiger charge is 2.40. The molecule has 222 valence electrons. The zero-order valence-corrected chi connectivity index (χ0v) is 24.8. The third-order valence-electron chi connectivity index (χ3n) is 9.07. The van der Waals surface area contributed by atoms with Gasteiger partial charge in [-0.15, -0.1) is 0 Å². The van der Waals surface area contributed by atoms with Gasteiger partial charge in [0.2, 0.25) is 0 Å². The molecule has 1 spiro atoms. The molecule has 4 heterocycles. The van der Waals surface area contributed by atoms with Crippen LogP contribution < -0.4 is 5.32 Å². The Morgan fingerprint density at radius 3 is 2.49 bits per heavy atom. The number of nitrogens with zero attached hydrogens (tertiary/aromatic N) is 4. The summed E-state index contributed by atoms with van der Waals surface area (Å²) in [4.78, 5) is 42.8. The third kappa shape index (κ3) is 6.18. The second-order valence-electron chi connectivity index (χ2n) is 12.9. The molecule has 2 saturated heterocycles. The van der Waals surface area contributed by atoms with Crippen LogP contribution in [0.2, 0.25) is 0 Å². The van der Waals surface area contributed by atoms with Crippen molar-refractivity contribution >= 4 is 17.8 Å². The molecular weight excluding hydrogens is 522 g/mol. The van der Waals surface area contributed by atoms with Crippen LogP contribution in [-0.2, 0) is 30.5 Å². The number of ether oxygens (including phenoxy) is 1. The molecule has 0 unspecified atom stereocenters. The average molecular weight is 566 g/mol. The van der Waals surface area contributed by atoms with Crippen LogP contribution in [0, 0.1) is 10.8 Å². The van der Waals surface area contributed by atoms with Crippen LogP contribution >= 0.6 is 0 Å². The Morgan fingerprint density at radius 1 is 1.12 bits per heavy atom. The predicted molar refractivity (Wildman–Crippen MR) is 154 cm³/mol. The number of carbonyl (C=O) groups is 3. The number of hydrogen-bond acceptors (Lipinski definition) is 6. The molecule has 0 radical (unpaired) electrons. The standard InChI is InChI=1S/C31H43N5O5/c1-5-36-26-24(18-31(20-32-27(26)37)8-14-41-15-9-31)25(33-36)19-30(2,3)17-22-16-21(6-7-23(22)29(39)40)28(38)35-12-10-34(4)11-13-35/h6-7,16H,5,8-15,17-20H2,1-4H3,(H,32,37)(H,39,40). The Hall–Kier alpha value is -3.24. The van der Waals surface area contributed by atoms with Crippen molar-refractivity contribution in [2.24, 2.45) is 10.8 Å². The lowest BCUT2D eigenvalue weighted by molar-refractivity contribution is 0.0160. The molecule has 0 atom stereocenters. The fraction of sp³-hybridized carbons (Fsp3) is 0.613. The fourth-order valence-corrected chi connectivity index (χ4v) is 6.61. The van der Waals surface area contributed by atoms with Gasteiger partial charge in [0.25, 0.3) is 11.8 Å². The number of carboxylic acid groups (broad SMARTS) is 1. The van der Waals surface area contributed by atoms with Crippen LogP contribution in [0.4, 0.5) is 0 Å². The van der Waals surface area contributed by atoms with E-state index in [1.165, 1.54) is 0 Å². The molecule has 3 aliphatic heterocycles. The predicted octanol–water partition coefficient (Wildman–Crippen LogP) is 2.88. The van der Waals surface area contributed by atoms with E-state index < -0.39 is 5.97 Å². The minimum Gasteiger partial charge on any atom is -0.478 e. The molecule has 10 heteroatoms. The summed E-state index contributed by atoms with van der Waals surface area (Å²) in [5.74, 6) is -1.14. The summed E-state index contributed by atoms with van der Waals surface area (Å²) >= 11 is 0. The molecule has 2 N–H and O–H groups in total. The van der Waals surface area contributed by atoms with Gasteiger partial charge >= 0.3 is 5.97 Å². The number of benzene rings is 1. The largest absolute Gasteiger partial charge is 0.478 e. The number of nitrogens with one attached hydrogen (secondary N) is 1. The number of aromatic carboxylic acids is 1. The zero-order valence-electron chi connectivity index (χ0n) is 24.8. The fourth-order valence-electron chi connectivity index (χ4n) is 6.61. The molecular formula is C31H43N5O5. The Labute approximate surface area is 242 Å².